The number of Topliss-reactive ketones (excluding diaryl/α,β-unsaturated/α-hetero) is 1. The predicted octanol–water partition coefficient (Wildman–Crippen LogP) is 3.32. The number of ketones is 1. The maximum absolute atomic E-state index is 12.8. The normalized spacial score (nSPS) is 19.1. The predicted molar refractivity (Wildman–Crippen MR) is 105 cm³/mol. The number of halogens is 1. The zero-order valence-corrected chi connectivity index (χ0v) is 16.0. The number of likely N-dealkylation sites (N-methyl/N-ethyl adjacent to an activating group) is 1. The molecule has 3 rings (SSSR count). The van der Waals surface area contributed by atoms with E-state index in [1.165, 1.54) is 4.90 Å². The van der Waals surface area contributed by atoms with Crippen molar-refractivity contribution in [2.24, 2.45) is 0 Å². The monoisotopic (exact) mass is 384 g/mol. The maximum atomic E-state index is 12.8. The number of amides is 1. The van der Waals surface area contributed by atoms with Crippen molar-refractivity contribution < 1.29 is 14.7 Å². The Kier molecular flexibility index (Phi) is 5.63. The van der Waals surface area contributed by atoms with Crippen molar-refractivity contribution in [1.82, 2.24) is 9.80 Å². The van der Waals surface area contributed by atoms with E-state index in [2.05, 4.69) is 0 Å². The summed E-state index contributed by atoms with van der Waals surface area (Å²) in [6.07, 6.45) is 0. The van der Waals surface area contributed by atoms with Crippen LogP contribution < -0.4 is 0 Å². The third-order valence-electron chi connectivity index (χ3n) is 4.58. The van der Waals surface area contributed by atoms with Crippen LogP contribution in [0.3, 0.4) is 0 Å². The van der Waals surface area contributed by atoms with E-state index in [1.54, 1.807) is 48.5 Å². The summed E-state index contributed by atoms with van der Waals surface area (Å²) in [5, 5.41) is 11.3. The highest BCUT2D eigenvalue weighted by Crippen LogP contribution is 2.41. The second-order valence-electron chi connectivity index (χ2n) is 6.68. The van der Waals surface area contributed by atoms with Gasteiger partial charge in [-0.3, -0.25) is 9.59 Å². The Balaban J connectivity index is 2.17. The smallest absolute Gasteiger partial charge is 0.295 e. The quantitative estimate of drug-likeness (QED) is 0.488. The molecule has 1 atom stereocenters. The van der Waals surface area contributed by atoms with E-state index in [4.69, 9.17) is 11.6 Å². The number of aliphatic hydroxyl groups excluding tert-OH is 1. The first-order chi connectivity index (χ1) is 12.9. The zero-order valence-electron chi connectivity index (χ0n) is 15.2. The highest BCUT2D eigenvalue weighted by atomic mass is 35.5. The molecule has 1 amide bonds. The minimum absolute atomic E-state index is 0.0676. The van der Waals surface area contributed by atoms with Crippen LogP contribution in [0, 0.1) is 0 Å². The van der Waals surface area contributed by atoms with Crippen LogP contribution in [0.5, 0.6) is 0 Å². The van der Waals surface area contributed by atoms with Crippen molar-refractivity contribution in [2.75, 3.05) is 27.2 Å². The average Bonchev–Trinajstić information content (AvgIpc) is 2.91. The number of carbonyl (C=O) groups excluding carboxylic acids is 2. The van der Waals surface area contributed by atoms with Crippen LogP contribution in [0.4, 0.5) is 0 Å². The lowest BCUT2D eigenvalue weighted by molar-refractivity contribution is -0.140. The Morgan fingerprint density at radius 1 is 1.07 bits per heavy atom. The van der Waals surface area contributed by atoms with Gasteiger partial charge in [-0.2, -0.15) is 0 Å². The fourth-order valence-electron chi connectivity index (χ4n) is 3.19. The summed E-state index contributed by atoms with van der Waals surface area (Å²) in [7, 11) is 3.79. The van der Waals surface area contributed by atoms with Gasteiger partial charge in [0.25, 0.3) is 11.7 Å². The first kappa shape index (κ1) is 19.1. The van der Waals surface area contributed by atoms with E-state index in [0.29, 0.717) is 29.2 Å². The molecule has 0 aliphatic carbocycles. The lowest BCUT2D eigenvalue weighted by atomic mass is 9.95. The molecule has 6 heteroatoms. The van der Waals surface area contributed by atoms with Gasteiger partial charge in [0.15, 0.2) is 0 Å². The molecule has 0 bridgehead atoms. The lowest BCUT2D eigenvalue weighted by Gasteiger charge is -2.27. The summed E-state index contributed by atoms with van der Waals surface area (Å²) in [5.74, 6) is -1.51. The molecule has 0 radical (unpaired) electrons. The molecule has 5 nitrogen and oxygen atoms in total. The van der Waals surface area contributed by atoms with Crippen LogP contribution in [0.1, 0.15) is 17.2 Å². The van der Waals surface area contributed by atoms with Gasteiger partial charge in [0.1, 0.15) is 5.76 Å². The third kappa shape index (κ3) is 3.75. The Morgan fingerprint density at radius 2 is 1.70 bits per heavy atom. The molecular formula is C21H21ClN2O3. The van der Waals surface area contributed by atoms with Crippen LogP contribution in [0.2, 0.25) is 5.02 Å². The third-order valence-corrected chi connectivity index (χ3v) is 4.92. The van der Waals surface area contributed by atoms with Crippen molar-refractivity contribution in [2.45, 2.75) is 6.04 Å². The molecule has 0 aromatic heterocycles. The van der Waals surface area contributed by atoms with Crippen molar-refractivity contribution in [1.29, 1.82) is 0 Å². The first-order valence-corrected chi connectivity index (χ1v) is 9.02. The highest BCUT2D eigenvalue weighted by molar-refractivity contribution is 6.47. The number of benzene rings is 2. The van der Waals surface area contributed by atoms with Gasteiger partial charge in [0.05, 0.1) is 11.6 Å². The first-order valence-electron chi connectivity index (χ1n) is 8.64. The maximum Gasteiger partial charge on any atom is 0.295 e. The van der Waals surface area contributed by atoms with Crippen molar-refractivity contribution in [3.8, 4) is 0 Å². The number of hydrogen-bond donors (Lipinski definition) is 1. The molecule has 0 spiro atoms. The van der Waals surface area contributed by atoms with Crippen LogP contribution in [0.25, 0.3) is 5.76 Å². The Labute approximate surface area is 163 Å². The van der Waals surface area contributed by atoms with E-state index in [-0.39, 0.29) is 11.3 Å². The van der Waals surface area contributed by atoms with Gasteiger partial charge in [-0.1, -0.05) is 60.1 Å². The number of carbonyl (C=O) groups is 2. The second-order valence-corrected chi connectivity index (χ2v) is 7.09. The number of aliphatic hydroxyl groups is 1. The molecule has 2 aromatic rings. The molecule has 1 aliphatic heterocycles. The Bertz CT molecular complexity index is 893. The van der Waals surface area contributed by atoms with E-state index in [9.17, 15) is 14.7 Å². The molecule has 2 aromatic carbocycles. The SMILES string of the molecule is CN(C)CCN1C(=O)C(=O)C(=C(O)c2ccccc2)[C@H]1c1ccccc1Cl. The molecule has 140 valence electrons. The fraction of sp³-hybridized carbons (Fsp3) is 0.238. The van der Waals surface area contributed by atoms with Gasteiger partial charge in [0.2, 0.25) is 0 Å². The zero-order chi connectivity index (χ0) is 19.6. The molecule has 1 heterocycles. The number of hydrogen-bond acceptors (Lipinski definition) is 4. The number of rotatable bonds is 5. The van der Waals surface area contributed by atoms with E-state index in [1.807, 2.05) is 25.1 Å². The van der Waals surface area contributed by atoms with Crippen LogP contribution in [-0.4, -0.2) is 53.8 Å². The summed E-state index contributed by atoms with van der Waals surface area (Å²) < 4.78 is 0. The van der Waals surface area contributed by atoms with E-state index < -0.39 is 17.7 Å². The minimum Gasteiger partial charge on any atom is -0.507 e. The molecular weight excluding hydrogens is 364 g/mol. The molecule has 0 saturated carbocycles. The Hall–Kier alpha value is -2.63. The summed E-state index contributed by atoms with van der Waals surface area (Å²) in [5.41, 5.74) is 1.17. The van der Waals surface area contributed by atoms with Crippen molar-refractivity contribution >= 4 is 29.1 Å². The van der Waals surface area contributed by atoms with Gasteiger partial charge < -0.3 is 14.9 Å². The van der Waals surface area contributed by atoms with Gasteiger partial charge in [-0.05, 0) is 25.7 Å². The fourth-order valence-corrected chi connectivity index (χ4v) is 3.43. The topological polar surface area (TPSA) is 60.9 Å². The summed E-state index contributed by atoms with van der Waals surface area (Å²) in [4.78, 5) is 28.9. The molecule has 1 fully saturated rings. The highest BCUT2D eigenvalue weighted by Gasteiger charge is 2.46. The molecule has 1 N–H and O–H groups in total. The Morgan fingerprint density at radius 3 is 2.33 bits per heavy atom. The van der Waals surface area contributed by atoms with Gasteiger partial charge in [-0.25, -0.2) is 0 Å². The second kappa shape index (κ2) is 7.94. The van der Waals surface area contributed by atoms with Crippen LogP contribution in [-0.2, 0) is 9.59 Å². The molecule has 0 unspecified atom stereocenters. The summed E-state index contributed by atoms with van der Waals surface area (Å²) in [6, 6.07) is 15.1. The van der Waals surface area contributed by atoms with Crippen molar-refractivity contribution in [3.63, 3.8) is 0 Å². The minimum atomic E-state index is -0.723. The number of nitrogens with zero attached hydrogens (tertiary/aromatic N) is 2. The number of likely N-dealkylation sites (tertiary alicyclic amines) is 1. The average molecular weight is 385 g/mol. The standard InChI is InChI=1S/C21H21ClN2O3/c1-23(2)12-13-24-18(15-10-6-7-11-16(15)22)17(20(26)21(24)27)19(25)14-8-4-3-5-9-14/h3-11,18,25H,12-13H2,1-2H3/t18-/m1/s1. The largest absolute Gasteiger partial charge is 0.507 e. The van der Waals surface area contributed by atoms with Crippen LogP contribution in [0.15, 0.2) is 60.2 Å². The van der Waals surface area contributed by atoms with E-state index in [0.717, 1.165) is 0 Å². The van der Waals surface area contributed by atoms with Crippen molar-refractivity contribution in [3.05, 3.63) is 76.3 Å². The van der Waals surface area contributed by atoms with E-state index >= 15 is 0 Å². The van der Waals surface area contributed by atoms with Gasteiger partial charge >= 0.3 is 0 Å². The molecule has 1 aliphatic rings. The molecule has 27 heavy (non-hydrogen) atoms. The van der Waals surface area contributed by atoms with Crippen LogP contribution >= 0.6 is 11.6 Å². The molecule has 1 saturated heterocycles. The van der Waals surface area contributed by atoms with Gasteiger partial charge in [-0.15, -0.1) is 0 Å². The lowest BCUT2D eigenvalue weighted by Crippen LogP contribution is -2.35. The summed E-state index contributed by atoms with van der Waals surface area (Å²) in [6.45, 7) is 0.929. The summed E-state index contributed by atoms with van der Waals surface area (Å²) >= 11 is 6.38. The van der Waals surface area contributed by atoms with Gasteiger partial charge in [0, 0.05) is 23.7 Å².